The first-order valence-electron chi connectivity index (χ1n) is 7.69. The summed E-state index contributed by atoms with van der Waals surface area (Å²) in [6, 6.07) is 6.84. The van der Waals surface area contributed by atoms with Crippen molar-refractivity contribution in [2.75, 3.05) is 24.6 Å². The van der Waals surface area contributed by atoms with Crippen molar-refractivity contribution in [1.29, 1.82) is 0 Å². The minimum absolute atomic E-state index is 0.0512. The summed E-state index contributed by atoms with van der Waals surface area (Å²) in [5, 5.41) is 10.3. The van der Waals surface area contributed by atoms with E-state index in [1.54, 1.807) is 23.5 Å². The molecule has 1 aliphatic heterocycles. The number of hydrogen-bond donors (Lipinski definition) is 0. The van der Waals surface area contributed by atoms with Gasteiger partial charge >= 0.3 is 0 Å². The van der Waals surface area contributed by atoms with Gasteiger partial charge in [-0.1, -0.05) is 29.5 Å². The fourth-order valence-electron chi connectivity index (χ4n) is 3.13. The van der Waals surface area contributed by atoms with Gasteiger partial charge in [0.25, 0.3) is 0 Å². The van der Waals surface area contributed by atoms with E-state index in [1.807, 2.05) is 6.07 Å². The fourth-order valence-corrected chi connectivity index (χ4v) is 4.02. The highest BCUT2D eigenvalue weighted by molar-refractivity contribution is 7.15. The highest BCUT2D eigenvalue weighted by Gasteiger charge is 2.42. The first-order valence-corrected chi connectivity index (χ1v) is 8.50. The Balaban J connectivity index is 1.48. The molecule has 1 spiro atoms. The molecule has 6 heteroatoms. The summed E-state index contributed by atoms with van der Waals surface area (Å²) >= 11 is 1.56. The zero-order valence-electron chi connectivity index (χ0n) is 12.3. The summed E-state index contributed by atoms with van der Waals surface area (Å²) in [6.07, 6.45) is 4.04. The van der Waals surface area contributed by atoms with Gasteiger partial charge in [-0.3, -0.25) is 0 Å². The highest BCUT2D eigenvalue weighted by Crippen LogP contribution is 2.39. The van der Waals surface area contributed by atoms with E-state index in [1.165, 1.54) is 12.5 Å². The number of ether oxygens (including phenoxy) is 1. The van der Waals surface area contributed by atoms with Gasteiger partial charge in [-0.25, -0.2) is 4.39 Å². The van der Waals surface area contributed by atoms with E-state index < -0.39 is 0 Å². The van der Waals surface area contributed by atoms with Crippen LogP contribution >= 0.6 is 11.3 Å². The van der Waals surface area contributed by atoms with Gasteiger partial charge < -0.3 is 9.64 Å². The van der Waals surface area contributed by atoms with Gasteiger partial charge in [0.05, 0.1) is 12.2 Å². The Morgan fingerprint density at radius 2 is 2.14 bits per heavy atom. The molecule has 2 fully saturated rings. The Morgan fingerprint density at radius 1 is 1.27 bits per heavy atom. The van der Waals surface area contributed by atoms with Crippen LogP contribution in [0.25, 0.3) is 0 Å². The first kappa shape index (κ1) is 14.1. The molecule has 1 aromatic carbocycles. The summed E-state index contributed by atoms with van der Waals surface area (Å²) in [5.74, 6) is -0.181. The number of aromatic nitrogens is 2. The molecule has 1 aliphatic carbocycles. The number of morpholine rings is 1. The summed E-state index contributed by atoms with van der Waals surface area (Å²) in [7, 11) is 0. The summed E-state index contributed by atoms with van der Waals surface area (Å²) < 4.78 is 19.7. The first-order chi connectivity index (χ1) is 10.7. The van der Waals surface area contributed by atoms with E-state index in [9.17, 15) is 4.39 Å². The van der Waals surface area contributed by atoms with Crippen LogP contribution in [0.4, 0.5) is 9.52 Å². The molecule has 0 unspecified atom stereocenters. The van der Waals surface area contributed by atoms with Gasteiger partial charge in [-0.2, -0.15) is 0 Å². The maximum absolute atomic E-state index is 13.7. The van der Waals surface area contributed by atoms with Gasteiger partial charge in [-0.15, -0.1) is 10.2 Å². The zero-order chi connectivity index (χ0) is 15.0. The van der Waals surface area contributed by atoms with E-state index >= 15 is 0 Å². The zero-order valence-corrected chi connectivity index (χ0v) is 13.1. The molecule has 2 aliphatic rings. The highest BCUT2D eigenvalue weighted by atomic mass is 32.1. The van der Waals surface area contributed by atoms with Crippen LogP contribution in [0.5, 0.6) is 0 Å². The van der Waals surface area contributed by atoms with Crippen LogP contribution in [0, 0.1) is 5.82 Å². The van der Waals surface area contributed by atoms with Crippen molar-refractivity contribution < 1.29 is 9.13 Å². The second kappa shape index (κ2) is 5.59. The molecule has 2 aromatic rings. The number of benzene rings is 1. The second-order valence-corrected chi connectivity index (χ2v) is 7.09. The molecule has 1 saturated carbocycles. The standard InChI is InChI=1S/C16H18FN3OS/c17-13-5-2-1-4-12(13)10-14-18-19-15(22-14)20-8-9-21-16(11-20)6-3-7-16/h1-2,4-5H,3,6-11H2. The maximum atomic E-state index is 13.7. The van der Waals surface area contributed by atoms with Gasteiger partial charge in [-0.05, 0) is 30.9 Å². The monoisotopic (exact) mass is 319 g/mol. The van der Waals surface area contributed by atoms with Crippen molar-refractivity contribution in [3.05, 3.63) is 40.7 Å². The molecule has 1 saturated heterocycles. The van der Waals surface area contributed by atoms with Crippen molar-refractivity contribution in [2.45, 2.75) is 31.3 Å². The van der Waals surface area contributed by atoms with Crippen molar-refractivity contribution >= 4 is 16.5 Å². The minimum atomic E-state index is -0.181. The number of hydrogen-bond acceptors (Lipinski definition) is 5. The third-order valence-electron chi connectivity index (χ3n) is 4.54. The molecular formula is C16H18FN3OS. The van der Waals surface area contributed by atoms with Crippen LogP contribution in [0.2, 0.25) is 0 Å². The lowest BCUT2D eigenvalue weighted by molar-refractivity contribution is -0.106. The van der Waals surface area contributed by atoms with Crippen LogP contribution in [-0.2, 0) is 11.2 Å². The molecule has 4 nitrogen and oxygen atoms in total. The summed E-state index contributed by atoms with van der Waals surface area (Å²) in [4.78, 5) is 2.27. The van der Waals surface area contributed by atoms with Gasteiger partial charge in [0.1, 0.15) is 10.8 Å². The Labute approximate surface area is 132 Å². The Kier molecular flexibility index (Phi) is 3.58. The average molecular weight is 319 g/mol. The molecule has 0 bridgehead atoms. The van der Waals surface area contributed by atoms with E-state index in [0.717, 1.165) is 42.7 Å². The van der Waals surface area contributed by atoms with E-state index in [2.05, 4.69) is 15.1 Å². The molecule has 0 atom stereocenters. The topological polar surface area (TPSA) is 38.2 Å². The normalized spacial score (nSPS) is 20.1. The molecule has 2 heterocycles. The van der Waals surface area contributed by atoms with Crippen LogP contribution in [0.3, 0.4) is 0 Å². The van der Waals surface area contributed by atoms with E-state index in [4.69, 9.17) is 4.74 Å². The number of rotatable bonds is 3. The Hall–Kier alpha value is -1.53. The predicted molar refractivity (Wildman–Crippen MR) is 83.9 cm³/mol. The molecule has 4 rings (SSSR count). The largest absolute Gasteiger partial charge is 0.371 e. The van der Waals surface area contributed by atoms with Crippen molar-refractivity contribution in [1.82, 2.24) is 10.2 Å². The number of nitrogens with zero attached hydrogens (tertiary/aromatic N) is 3. The predicted octanol–water partition coefficient (Wildman–Crippen LogP) is 3.03. The average Bonchev–Trinajstić information content (AvgIpc) is 2.97. The maximum Gasteiger partial charge on any atom is 0.208 e. The van der Waals surface area contributed by atoms with E-state index in [-0.39, 0.29) is 11.4 Å². The fraction of sp³-hybridized carbons (Fsp3) is 0.500. The Morgan fingerprint density at radius 3 is 2.91 bits per heavy atom. The van der Waals surface area contributed by atoms with Gasteiger partial charge in [0, 0.05) is 19.5 Å². The smallest absolute Gasteiger partial charge is 0.208 e. The molecule has 0 N–H and O–H groups in total. The third kappa shape index (κ3) is 2.61. The van der Waals surface area contributed by atoms with Gasteiger partial charge in [0.15, 0.2) is 0 Å². The molecule has 1 aromatic heterocycles. The molecule has 0 radical (unpaired) electrons. The molecular weight excluding hydrogens is 301 g/mol. The van der Waals surface area contributed by atoms with Crippen molar-refractivity contribution in [3.8, 4) is 0 Å². The third-order valence-corrected chi connectivity index (χ3v) is 5.52. The Bertz CT molecular complexity index is 671. The minimum Gasteiger partial charge on any atom is -0.371 e. The van der Waals surface area contributed by atoms with Crippen LogP contribution in [0.1, 0.15) is 29.8 Å². The lowest BCUT2D eigenvalue weighted by Crippen LogP contribution is -2.55. The van der Waals surface area contributed by atoms with Gasteiger partial charge in [0.2, 0.25) is 5.13 Å². The SMILES string of the molecule is Fc1ccccc1Cc1nnc(N2CCOC3(CCC3)C2)s1. The van der Waals surface area contributed by atoms with Crippen LogP contribution < -0.4 is 4.90 Å². The second-order valence-electron chi connectivity index (χ2n) is 6.05. The number of anilines is 1. The number of halogens is 1. The molecule has 0 amide bonds. The summed E-state index contributed by atoms with van der Waals surface area (Å²) in [6.45, 7) is 2.51. The lowest BCUT2D eigenvalue weighted by atomic mass is 9.79. The summed E-state index contributed by atoms with van der Waals surface area (Å²) in [5.41, 5.74) is 0.720. The lowest BCUT2D eigenvalue weighted by Gasteiger charge is -2.48. The molecule has 22 heavy (non-hydrogen) atoms. The quantitative estimate of drug-likeness (QED) is 0.871. The van der Waals surface area contributed by atoms with Crippen LogP contribution in [0.15, 0.2) is 24.3 Å². The molecule has 116 valence electrons. The van der Waals surface area contributed by atoms with Crippen molar-refractivity contribution in [2.24, 2.45) is 0 Å². The van der Waals surface area contributed by atoms with Crippen LogP contribution in [-0.4, -0.2) is 35.5 Å². The van der Waals surface area contributed by atoms with Crippen molar-refractivity contribution in [3.63, 3.8) is 0 Å². The van der Waals surface area contributed by atoms with E-state index in [0.29, 0.717) is 12.0 Å².